The molecule has 4 heteroatoms. The normalized spacial score (nSPS) is 11.8. The van der Waals surface area contributed by atoms with E-state index < -0.39 is 0 Å². The van der Waals surface area contributed by atoms with Crippen LogP contribution in [-0.2, 0) is 11.8 Å². The van der Waals surface area contributed by atoms with Crippen LogP contribution in [0, 0.1) is 6.92 Å². The maximum Gasteiger partial charge on any atom is 0.126 e. The van der Waals surface area contributed by atoms with Crippen LogP contribution in [0.25, 0.3) is 0 Å². The largest absolute Gasteiger partial charge is 0.383 e. The number of aromatic nitrogens is 2. The van der Waals surface area contributed by atoms with Gasteiger partial charge in [0.2, 0.25) is 0 Å². The Morgan fingerprint density at radius 2 is 2.06 bits per heavy atom. The summed E-state index contributed by atoms with van der Waals surface area (Å²) >= 11 is 1.71. The molecule has 0 saturated carbocycles. The molecule has 0 fully saturated rings. The molecular weight excluding hydrogens is 242 g/mol. The van der Waals surface area contributed by atoms with Crippen molar-refractivity contribution in [3.63, 3.8) is 0 Å². The van der Waals surface area contributed by atoms with Crippen LogP contribution >= 0.6 is 11.3 Å². The van der Waals surface area contributed by atoms with Gasteiger partial charge in [-0.25, -0.2) is 9.97 Å². The summed E-state index contributed by atoms with van der Waals surface area (Å²) in [6.07, 6.45) is 2.66. The summed E-state index contributed by atoms with van der Waals surface area (Å²) in [5.74, 6) is 0.605. The quantitative estimate of drug-likeness (QED) is 0.902. The lowest BCUT2D eigenvalue weighted by molar-refractivity contribution is 0.571. The number of rotatable bonds is 2. The third-order valence-electron chi connectivity index (χ3n) is 2.85. The molecule has 0 aliphatic heterocycles. The first-order chi connectivity index (χ1) is 8.36. The van der Waals surface area contributed by atoms with Crippen LogP contribution in [0.2, 0.25) is 0 Å². The molecule has 0 amide bonds. The van der Waals surface area contributed by atoms with Gasteiger partial charge in [-0.1, -0.05) is 26.8 Å². The molecule has 0 aliphatic carbocycles. The summed E-state index contributed by atoms with van der Waals surface area (Å²) in [6, 6.07) is 2.08. The molecule has 2 aromatic heterocycles. The van der Waals surface area contributed by atoms with E-state index in [4.69, 9.17) is 5.73 Å². The van der Waals surface area contributed by atoms with Gasteiger partial charge < -0.3 is 5.73 Å². The van der Waals surface area contributed by atoms with E-state index in [1.807, 2.05) is 13.1 Å². The average Bonchev–Trinajstić information content (AvgIpc) is 2.72. The zero-order valence-corrected chi connectivity index (χ0v) is 12.1. The summed E-state index contributed by atoms with van der Waals surface area (Å²) in [5.41, 5.74) is 9.18. The summed E-state index contributed by atoms with van der Waals surface area (Å²) < 4.78 is 0. The summed E-state index contributed by atoms with van der Waals surface area (Å²) in [5, 5.41) is 3.28. The Hall–Kier alpha value is -1.42. The number of anilines is 1. The van der Waals surface area contributed by atoms with Crippen LogP contribution in [0.15, 0.2) is 17.6 Å². The number of hydrogen-bond donors (Lipinski definition) is 1. The van der Waals surface area contributed by atoms with Gasteiger partial charge in [-0.15, -0.1) is 11.3 Å². The van der Waals surface area contributed by atoms with Gasteiger partial charge in [-0.3, -0.25) is 0 Å². The van der Waals surface area contributed by atoms with Crippen molar-refractivity contribution < 1.29 is 0 Å². The highest BCUT2D eigenvalue weighted by molar-refractivity contribution is 7.09. The van der Waals surface area contributed by atoms with Gasteiger partial charge in [-0.05, 0) is 18.1 Å². The predicted molar refractivity (Wildman–Crippen MR) is 77.0 cm³/mol. The van der Waals surface area contributed by atoms with Crippen molar-refractivity contribution in [1.29, 1.82) is 0 Å². The van der Waals surface area contributed by atoms with Crippen LogP contribution in [0.1, 0.15) is 42.6 Å². The lowest BCUT2D eigenvalue weighted by Crippen LogP contribution is -2.11. The highest BCUT2D eigenvalue weighted by atomic mass is 32.1. The number of nitrogens with zero attached hydrogens (tertiary/aromatic N) is 2. The van der Waals surface area contributed by atoms with Crippen LogP contribution in [-0.4, -0.2) is 9.97 Å². The van der Waals surface area contributed by atoms with Gasteiger partial charge in [0, 0.05) is 23.4 Å². The molecule has 0 bridgehead atoms. The molecule has 3 nitrogen and oxygen atoms in total. The molecule has 96 valence electrons. The van der Waals surface area contributed by atoms with Crippen molar-refractivity contribution in [3.8, 4) is 0 Å². The van der Waals surface area contributed by atoms with Gasteiger partial charge in [0.05, 0.1) is 10.7 Å². The Bertz CT molecular complexity index is 552. The van der Waals surface area contributed by atoms with Crippen LogP contribution in [0.4, 0.5) is 5.82 Å². The van der Waals surface area contributed by atoms with Gasteiger partial charge in [0.15, 0.2) is 0 Å². The molecule has 18 heavy (non-hydrogen) atoms. The predicted octanol–water partition coefficient (Wildman–Crippen LogP) is 3.32. The van der Waals surface area contributed by atoms with Gasteiger partial charge in [0.1, 0.15) is 5.82 Å². The zero-order valence-electron chi connectivity index (χ0n) is 11.3. The lowest BCUT2D eigenvalue weighted by atomic mass is 9.93. The minimum absolute atomic E-state index is 0.115. The first kappa shape index (κ1) is 13.0. The molecule has 0 atom stereocenters. The van der Waals surface area contributed by atoms with E-state index >= 15 is 0 Å². The highest BCUT2D eigenvalue weighted by Gasteiger charge is 2.17. The van der Waals surface area contributed by atoms with E-state index in [-0.39, 0.29) is 5.41 Å². The number of nitrogens with two attached hydrogens (primary N) is 1. The fourth-order valence-corrected chi connectivity index (χ4v) is 2.71. The molecular formula is C14H19N3S. The number of aryl methyl sites for hydroxylation is 1. The van der Waals surface area contributed by atoms with Crippen molar-refractivity contribution >= 4 is 17.2 Å². The van der Waals surface area contributed by atoms with E-state index in [0.717, 1.165) is 28.2 Å². The Kier molecular flexibility index (Phi) is 3.39. The fraction of sp³-hybridized carbons (Fsp3) is 0.429. The summed E-state index contributed by atoms with van der Waals surface area (Å²) in [4.78, 5) is 8.87. The molecule has 0 spiro atoms. The number of hydrogen-bond acceptors (Lipinski definition) is 4. The molecule has 0 radical (unpaired) electrons. The van der Waals surface area contributed by atoms with Gasteiger partial charge in [0.25, 0.3) is 0 Å². The maximum atomic E-state index is 5.72. The SMILES string of the molecule is Cc1cc(Cc2nc(C(C)(C)C)cs2)cnc1N. The molecule has 0 aliphatic rings. The van der Waals surface area contributed by atoms with E-state index in [0.29, 0.717) is 5.82 Å². The van der Waals surface area contributed by atoms with Crippen molar-refractivity contribution in [2.45, 2.75) is 39.5 Å². The summed E-state index contributed by atoms with van der Waals surface area (Å²) in [7, 11) is 0. The molecule has 0 unspecified atom stereocenters. The first-order valence-corrected chi connectivity index (χ1v) is 6.90. The molecule has 2 aromatic rings. The monoisotopic (exact) mass is 261 g/mol. The molecule has 2 N–H and O–H groups in total. The van der Waals surface area contributed by atoms with Gasteiger partial charge in [-0.2, -0.15) is 0 Å². The molecule has 2 rings (SSSR count). The first-order valence-electron chi connectivity index (χ1n) is 6.02. The minimum Gasteiger partial charge on any atom is -0.383 e. The topological polar surface area (TPSA) is 51.8 Å². The Morgan fingerprint density at radius 1 is 1.33 bits per heavy atom. The zero-order chi connectivity index (χ0) is 13.3. The second-order valence-electron chi connectivity index (χ2n) is 5.60. The van der Waals surface area contributed by atoms with E-state index in [2.05, 4.69) is 42.2 Å². The van der Waals surface area contributed by atoms with Crippen molar-refractivity contribution in [2.75, 3.05) is 5.73 Å². The smallest absolute Gasteiger partial charge is 0.126 e. The van der Waals surface area contributed by atoms with Gasteiger partial charge >= 0.3 is 0 Å². The van der Waals surface area contributed by atoms with E-state index in [1.165, 1.54) is 0 Å². The average molecular weight is 261 g/mol. The third kappa shape index (κ3) is 2.88. The third-order valence-corrected chi connectivity index (χ3v) is 3.70. The highest BCUT2D eigenvalue weighted by Crippen LogP contribution is 2.25. The molecule has 0 saturated heterocycles. The second-order valence-corrected chi connectivity index (χ2v) is 6.54. The standard InChI is InChI=1S/C14H19N3S/c1-9-5-10(7-16-13(9)15)6-12-17-11(8-18-12)14(2,3)4/h5,7-8H,6H2,1-4H3,(H2,15,16). The Morgan fingerprint density at radius 3 is 2.61 bits per heavy atom. The van der Waals surface area contributed by atoms with Crippen LogP contribution in [0.3, 0.4) is 0 Å². The Balaban J connectivity index is 2.19. The Labute approximate surface area is 112 Å². The number of pyridine rings is 1. The number of thiazole rings is 1. The number of nitrogen functional groups attached to an aromatic ring is 1. The maximum absolute atomic E-state index is 5.72. The fourth-order valence-electron chi connectivity index (χ4n) is 1.65. The van der Waals surface area contributed by atoms with Crippen molar-refractivity contribution in [1.82, 2.24) is 9.97 Å². The second kappa shape index (κ2) is 4.69. The van der Waals surface area contributed by atoms with E-state index in [1.54, 1.807) is 11.3 Å². The lowest BCUT2D eigenvalue weighted by Gasteiger charge is -2.14. The van der Waals surface area contributed by atoms with Crippen molar-refractivity contribution in [3.05, 3.63) is 39.5 Å². The van der Waals surface area contributed by atoms with E-state index in [9.17, 15) is 0 Å². The summed E-state index contributed by atoms with van der Waals surface area (Å²) in [6.45, 7) is 8.52. The van der Waals surface area contributed by atoms with Crippen LogP contribution in [0.5, 0.6) is 0 Å². The molecule has 0 aromatic carbocycles. The molecule has 2 heterocycles. The van der Waals surface area contributed by atoms with Crippen LogP contribution < -0.4 is 5.73 Å². The van der Waals surface area contributed by atoms with Crippen molar-refractivity contribution in [2.24, 2.45) is 0 Å². The minimum atomic E-state index is 0.115.